The van der Waals surface area contributed by atoms with Crippen LogP contribution in [0.1, 0.15) is 12.5 Å². The number of hydrogen-bond donors (Lipinski definition) is 0. The highest BCUT2D eigenvalue weighted by molar-refractivity contribution is 5.95. The van der Waals surface area contributed by atoms with Crippen LogP contribution in [0.25, 0.3) is 0 Å². The summed E-state index contributed by atoms with van der Waals surface area (Å²) in [6, 6.07) is 9.99. The third kappa shape index (κ3) is 1.33. The van der Waals surface area contributed by atoms with Crippen molar-refractivity contribution < 1.29 is 4.74 Å². The van der Waals surface area contributed by atoms with E-state index in [-0.39, 0.29) is 6.10 Å². The van der Waals surface area contributed by atoms with Gasteiger partial charge in [0.2, 0.25) is 5.90 Å². The van der Waals surface area contributed by atoms with Crippen LogP contribution in [0.3, 0.4) is 0 Å². The van der Waals surface area contributed by atoms with Crippen molar-refractivity contribution in [3.63, 3.8) is 0 Å². The van der Waals surface area contributed by atoms with E-state index in [1.54, 1.807) is 0 Å². The topological polar surface area (TPSA) is 21.6 Å². The van der Waals surface area contributed by atoms with E-state index in [1.165, 1.54) is 0 Å². The smallest absolute Gasteiger partial charge is 0.216 e. The molecule has 0 unspecified atom stereocenters. The minimum absolute atomic E-state index is 0.236. The second-order valence-corrected chi connectivity index (χ2v) is 2.94. The molecule has 1 atom stereocenters. The van der Waals surface area contributed by atoms with Crippen molar-refractivity contribution >= 4 is 5.90 Å². The van der Waals surface area contributed by atoms with E-state index >= 15 is 0 Å². The zero-order chi connectivity index (χ0) is 8.39. The molecule has 62 valence electrons. The monoisotopic (exact) mass is 161 g/mol. The largest absolute Gasteiger partial charge is 0.472 e. The molecule has 1 heterocycles. The van der Waals surface area contributed by atoms with Crippen LogP contribution >= 0.6 is 0 Å². The second kappa shape index (κ2) is 2.97. The predicted molar refractivity (Wildman–Crippen MR) is 48.4 cm³/mol. The van der Waals surface area contributed by atoms with Crippen LogP contribution in [0.15, 0.2) is 35.3 Å². The van der Waals surface area contributed by atoms with Gasteiger partial charge in [0.25, 0.3) is 0 Å². The minimum atomic E-state index is 0.236. The van der Waals surface area contributed by atoms with Crippen molar-refractivity contribution in [2.75, 3.05) is 6.54 Å². The lowest BCUT2D eigenvalue weighted by Crippen LogP contribution is -2.08. The Hall–Kier alpha value is -1.31. The van der Waals surface area contributed by atoms with Gasteiger partial charge in [0, 0.05) is 5.56 Å². The maximum absolute atomic E-state index is 5.50. The summed E-state index contributed by atoms with van der Waals surface area (Å²) < 4.78 is 5.50. The van der Waals surface area contributed by atoms with Gasteiger partial charge in [0.15, 0.2) is 0 Å². The Morgan fingerprint density at radius 1 is 1.33 bits per heavy atom. The zero-order valence-corrected chi connectivity index (χ0v) is 7.03. The van der Waals surface area contributed by atoms with Crippen molar-refractivity contribution in [3.05, 3.63) is 35.9 Å². The Balaban J connectivity index is 2.22. The summed E-state index contributed by atoms with van der Waals surface area (Å²) in [5.41, 5.74) is 1.07. The highest BCUT2D eigenvalue weighted by Gasteiger charge is 2.15. The van der Waals surface area contributed by atoms with E-state index in [0.29, 0.717) is 0 Å². The first-order valence-corrected chi connectivity index (χ1v) is 4.13. The van der Waals surface area contributed by atoms with Crippen LogP contribution in [0.2, 0.25) is 0 Å². The molecule has 0 saturated carbocycles. The fourth-order valence-corrected chi connectivity index (χ4v) is 1.22. The number of ether oxygens (including phenoxy) is 1. The molecule has 0 aliphatic carbocycles. The van der Waals surface area contributed by atoms with Crippen LogP contribution < -0.4 is 0 Å². The van der Waals surface area contributed by atoms with Gasteiger partial charge in [-0.3, -0.25) is 0 Å². The van der Waals surface area contributed by atoms with Crippen molar-refractivity contribution in [1.82, 2.24) is 0 Å². The molecule has 0 N–H and O–H groups in total. The van der Waals surface area contributed by atoms with Gasteiger partial charge >= 0.3 is 0 Å². The Kier molecular flexibility index (Phi) is 1.82. The number of aliphatic imine (C=N–C) groups is 1. The van der Waals surface area contributed by atoms with E-state index in [2.05, 4.69) is 4.99 Å². The van der Waals surface area contributed by atoms with Crippen molar-refractivity contribution in [2.24, 2.45) is 4.99 Å². The van der Waals surface area contributed by atoms with Crippen LogP contribution in [0, 0.1) is 0 Å². The molecule has 12 heavy (non-hydrogen) atoms. The Labute approximate surface area is 71.9 Å². The van der Waals surface area contributed by atoms with Crippen LogP contribution in [0.5, 0.6) is 0 Å². The van der Waals surface area contributed by atoms with Gasteiger partial charge in [-0.15, -0.1) is 0 Å². The molecule has 0 aromatic heterocycles. The van der Waals surface area contributed by atoms with E-state index in [9.17, 15) is 0 Å². The summed E-state index contributed by atoms with van der Waals surface area (Å²) in [5.74, 6) is 0.781. The van der Waals surface area contributed by atoms with Crippen LogP contribution in [-0.2, 0) is 4.74 Å². The quantitative estimate of drug-likeness (QED) is 0.616. The Morgan fingerprint density at radius 3 is 2.67 bits per heavy atom. The molecule has 2 nitrogen and oxygen atoms in total. The van der Waals surface area contributed by atoms with Gasteiger partial charge in [0.1, 0.15) is 6.10 Å². The predicted octanol–water partition coefficient (Wildman–Crippen LogP) is 1.85. The number of benzene rings is 1. The highest BCUT2D eigenvalue weighted by atomic mass is 16.5. The first kappa shape index (κ1) is 7.35. The van der Waals surface area contributed by atoms with Crippen LogP contribution in [0.4, 0.5) is 0 Å². The van der Waals surface area contributed by atoms with Gasteiger partial charge < -0.3 is 4.74 Å². The number of rotatable bonds is 1. The van der Waals surface area contributed by atoms with Crippen LogP contribution in [-0.4, -0.2) is 18.5 Å². The third-order valence-corrected chi connectivity index (χ3v) is 1.83. The highest BCUT2D eigenvalue weighted by Crippen LogP contribution is 2.10. The van der Waals surface area contributed by atoms with E-state index < -0.39 is 0 Å². The first-order valence-electron chi connectivity index (χ1n) is 4.13. The van der Waals surface area contributed by atoms with Gasteiger partial charge in [-0.05, 0) is 19.1 Å². The molecule has 1 aliphatic heterocycles. The molecule has 2 heteroatoms. The molecule has 0 fully saturated rings. The molecule has 1 aliphatic rings. The maximum Gasteiger partial charge on any atom is 0.216 e. The summed E-state index contributed by atoms with van der Waals surface area (Å²) in [7, 11) is 0. The minimum Gasteiger partial charge on any atom is -0.472 e. The van der Waals surface area contributed by atoms with Crippen molar-refractivity contribution in [3.8, 4) is 0 Å². The van der Waals surface area contributed by atoms with Crippen molar-refractivity contribution in [1.29, 1.82) is 0 Å². The average molecular weight is 161 g/mol. The Bertz CT molecular complexity index is 292. The summed E-state index contributed by atoms with van der Waals surface area (Å²) in [4.78, 5) is 4.28. The molecule has 0 spiro atoms. The average Bonchev–Trinajstić information content (AvgIpc) is 2.54. The van der Waals surface area contributed by atoms with Gasteiger partial charge in [-0.1, -0.05) is 18.2 Å². The molecular weight excluding hydrogens is 150 g/mol. The van der Waals surface area contributed by atoms with E-state index in [1.807, 2.05) is 37.3 Å². The normalized spacial score (nSPS) is 21.8. The summed E-state index contributed by atoms with van der Waals surface area (Å²) in [6.07, 6.45) is 0.236. The van der Waals surface area contributed by atoms with Gasteiger partial charge in [-0.25, -0.2) is 4.99 Å². The third-order valence-electron chi connectivity index (χ3n) is 1.83. The molecular formula is C10H11NO. The molecule has 1 aromatic carbocycles. The molecule has 2 rings (SSSR count). The fourth-order valence-electron chi connectivity index (χ4n) is 1.22. The number of nitrogens with zero attached hydrogens (tertiary/aromatic N) is 1. The summed E-state index contributed by atoms with van der Waals surface area (Å²) >= 11 is 0. The molecule has 0 radical (unpaired) electrons. The lowest BCUT2D eigenvalue weighted by molar-refractivity contribution is 0.246. The second-order valence-electron chi connectivity index (χ2n) is 2.94. The molecule has 0 saturated heterocycles. The van der Waals surface area contributed by atoms with Crippen molar-refractivity contribution in [2.45, 2.75) is 13.0 Å². The maximum atomic E-state index is 5.50. The standard InChI is InChI=1S/C10H11NO/c1-8-7-11-10(12-8)9-5-3-2-4-6-9/h2-6,8H,7H2,1H3/t8-/m1/s1. The summed E-state index contributed by atoms with van der Waals surface area (Å²) in [5, 5.41) is 0. The lowest BCUT2D eigenvalue weighted by atomic mass is 10.2. The molecule has 0 amide bonds. The SMILES string of the molecule is C[C@@H]1CN=C(c2ccccc2)O1. The molecule has 1 aromatic rings. The Morgan fingerprint density at radius 2 is 2.08 bits per heavy atom. The summed E-state index contributed by atoms with van der Waals surface area (Å²) in [6.45, 7) is 2.81. The first-order chi connectivity index (χ1) is 5.86. The number of hydrogen-bond acceptors (Lipinski definition) is 2. The fraction of sp³-hybridized carbons (Fsp3) is 0.300. The molecule has 0 bridgehead atoms. The van der Waals surface area contributed by atoms with E-state index in [0.717, 1.165) is 18.0 Å². The lowest BCUT2D eigenvalue weighted by Gasteiger charge is -2.04. The van der Waals surface area contributed by atoms with Gasteiger partial charge in [0.05, 0.1) is 6.54 Å². The zero-order valence-electron chi connectivity index (χ0n) is 7.03. The van der Waals surface area contributed by atoms with Gasteiger partial charge in [-0.2, -0.15) is 0 Å². The van der Waals surface area contributed by atoms with E-state index in [4.69, 9.17) is 4.74 Å².